The first kappa shape index (κ1) is 29.2. The zero-order valence-electron chi connectivity index (χ0n) is 23.9. The van der Waals surface area contributed by atoms with Crippen LogP contribution in [0.25, 0.3) is 0 Å². The number of aliphatic carboxylic acids is 1. The fourth-order valence-corrected chi connectivity index (χ4v) is 7.62. The van der Waals surface area contributed by atoms with Crippen molar-refractivity contribution in [2.45, 2.75) is 118 Å². The molecule has 0 aliphatic heterocycles. The van der Waals surface area contributed by atoms with Gasteiger partial charge in [-0.3, -0.25) is 4.79 Å². The van der Waals surface area contributed by atoms with Crippen molar-refractivity contribution in [2.75, 3.05) is 0 Å². The molecule has 3 rings (SSSR count). The summed E-state index contributed by atoms with van der Waals surface area (Å²) in [6.07, 6.45) is 11.2. The lowest BCUT2D eigenvalue weighted by Crippen LogP contribution is -2.49. The molecule has 0 bridgehead atoms. The van der Waals surface area contributed by atoms with Gasteiger partial charge in [0.05, 0.1) is 18.1 Å². The summed E-state index contributed by atoms with van der Waals surface area (Å²) in [6, 6.07) is 0. The summed E-state index contributed by atoms with van der Waals surface area (Å²) in [5.74, 6) is -0.611. The summed E-state index contributed by atoms with van der Waals surface area (Å²) < 4.78 is 0. The Morgan fingerprint density at radius 2 is 1.89 bits per heavy atom. The molecule has 3 aliphatic carbocycles. The zero-order valence-corrected chi connectivity index (χ0v) is 23.9. The first-order valence-corrected chi connectivity index (χ1v) is 14.4. The Morgan fingerprint density at radius 3 is 2.47 bits per heavy atom. The molecule has 36 heavy (non-hydrogen) atoms. The van der Waals surface area contributed by atoms with E-state index in [4.69, 9.17) is 0 Å². The van der Waals surface area contributed by atoms with E-state index < -0.39 is 23.4 Å². The number of rotatable bonds is 11. The topological polar surface area (TPSA) is 77.8 Å². The Kier molecular flexibility index (Phi) is 8.73. The number of hydrogen-bond donors (Lipinski definition) is 3. The van der Waals surface area contributed by atoms with Gasteiger partial charge in [-0.05, 0) is 84.7 Å². The Morgan fingerprint density at radius 1 is 1.22 bits per heavy atom. The van der Waals surface area contributed by atoms with E-state index in [1.165, 1.54) is 11.1 Å². The van der Waals surface area contributed by atoms with Gasteiger partial charge in [0.2, 0.25) is 0 Å². The molecule has 0 amide bonds. The summed E-state index contributed by atoms with van der Waals surface area (Å²) in [5.41, 5.74) is 2.69. The minimum Gasteiger partial charge on any atom is -0.481 e. The van der Waals surface area contributed by atoms with E-state index in [0.717, 1.165) is 50.5 Å². The first-order chi connectivity index (χ1) is 16.7. The molecular formula is C32H52O4. The highest BCUT2D eigenvalue weighted by molar-refractivity contribution is 5.71. The van der Waals surface area contributed by atoms with Gasteiger partial charge in [-0.15, -0.1) is 0 Å². The van der Waals surface area contributed by atoms with Crippen molar-refractivity contribution in [1.82, 2.24) is 0 Å². The number of aliphatic hydroxyl groups is 2. The maximum atomic E-state index is 12.5. The molecule has 0 unspecified atom stereocenters. The average molecular weight is 501 g/mol. The van der Waals surface area contributed by atoms with Crippen LogP contribution in [-0.4, -0.2) is 33.5 Å². The van der Waals surface area contributed by atoms with Crippen LogP contribution in [0.2, 0.25) is 0 Å². The summed E-state index contributed by atoms with van der Waals surface area (Å²) >= 11 is 0. The van der Waals surface area contributed by atoms with Crippen molar-refractivity contribution >= 4 is 5.97 Å². The second-order valence-corrected chi connectivity index (χ2v) is 13.4. The molecule has 0 aromatic rings. The molecule has 0 radical (unpaired) electrons. The molecule has 0 aromatic carbocycles. The zero-order chi connectivity index (χ0) is 27.1. The van der Waals surface area contributed by atoms with Gasteiger partial charge in [-0.1, -0.05) is 85.6 Å². The molecule has 0 saturated heterocycles. The van der Waals surface area contributed by atoms with Crippen molar-refractivity contribution in [3.8, 4) is 0 Å². The third-order valence-corrected chi connectivity index (χ3v) is 11.0. The van der Waals surface area contributed by atoms with Crippen molar-refractivity contribution in [3.63, 3.8) is 0 Å². The van der Waals surface area contributed by atoms with Gasteiger partial charge in [0.25, 0.3) is 0 Å². The van der Waals surface area contributed by atoms with Crippen LogP contribution in [0.15, 0.2) is 35.5 Å². The minimum absolute atomic E-state index is 0.0845. The Bertz CT molecular complexity index is 896. The fraction of sp³-hybridized carbons (Fsp3) is 0.781. The van der Waals surface area contributed by atoms with Gasteiger partial charge in [-0.2, -0.15) is 0 Å². The average Bonchev–Trinajstić information content (AvgIpc) is 3.03. The maximum Gasteiger partial charge on any atom is 0.306 e. The molecule has 1 fully saturated rings. The lowest BCUT2D eigenvalue weighted by Gasteiger charge is -2.53. The fourth-order valence-electron chi connectivity index (χ4n) is 7.62. The SMILES string of the molecule is C=C(CC[C@@H](C(=O)O)[C@H]1C[C@H](O)[C@@]2(C)C3=CC[C@@H](C(C)(C)[C@@H](O)CCCC)CC3=CC[C@]12C)C(C)C. The smallest absolute Gasteiger partial charge is 0.306 e. The van der Waals surface area contributed by atoms with E-state index in [1.807, 2.05) is 0 Å². The number of unbranched alkanes of at least 4 members (excludes halogenated alkanes) is 1. The molecule has 4 nitrogen and oxygen atoms in total. The first-order valence-electron chi connectivity index (χ1n) is 14.4. The molecule has 4 heteroatoms. The normalized spacial score (nSPS) is 33.9. The van der Waals surface area contributed by atoms with Crippen molar-refractivity contribution in [1.29, 1.82) is 0 Å². The van der Waals surface area contributed by atoms with Crippen LogP contribution in [0.4, 0.5) is 0 Å². The lowest BCUT2D eigenvalue weighted by atomic mass is 9.51. The van der Waals surface area contributed by atoms with E-state index in [-0.39, 0.29) is 22.9 Å². The molecule has 0 aromatic heterocycles. The van der Waals surface area contributed by atoms with Gasteiger partial charge in [0, 0.05) is 5.41 Å². The number of carboxylic acid groups (broad SMARTS) is 1. The van der Waals surface area contributed by atoms with E-state index in [0.29, 0.717) is 24.7 Å². The molecule has 204 valence electrons. The van der Waals surface area contributed by atoms with Crippen LogP contribution in [-0.2, 0) is 4.79 Å². The number of carbonyl (C=O) groups is 1. The molecule has 3 aliphatic rings. The summed E-state index contributed by atoms with van der Waals surface area (Å²) in [6.45, 7) is 19.4. The van der Waals surface area contributed by atoms with Gasteiger partial charge < -0.3 is 15.3 Å². The highest BCUT2D eigenvalue weighted by Crippen LogP contribution is 2.68. The van der Waals surface area contributed by atoms with Crippen molar-refractivity contribution in [3.05, 3.63) is 35.5 Å². The van der Waals surface area contributed by atoms with E-state index in [2.05, 4.69) is 67.2 Å². The van der Waals surface area contributed by atoms with E-state index in [1.54, 1.807) is 0 Å². The van der Waals surface area contributed by atoms with Gasteiger partial charge >= 0.3 is 5.97 Å². The van der Waals surface area contributed by atoms with Gasteiger partial charge in [-0.25, -0.2) is 0 Å². The molecule has 7 atom stereocenters. The highest BCUT2D eigenvalue weighted by Gasteiger charge is 2.64. The number of hydrogen-bond acceptors (Lipinski definition) is 3. The summed E-state index contributed by atoms with van der Waals surface area (Å²) in [5, 5.41) is 32.8. The second-order valence-electron chi connectivity index (χ2n) is 13.4. The predicted molar refractivity (Wildman–Crippen MR) is 147 cm³/mol. The number of allylic oxidation sites excluding steroid dienone is 4. The maximum absolute atomic E-state index is 12.5. The Labute approximate surface area is 220 Å². The molecule has 0 spiro atoms. The molecule has 0 heterocycles. The molecule has 3 N–H and O–H groups in total. The summed E-state index contributed by atoms with van der Waals surface area (Å²) in [7, 11) is 0. The highest BCUT2D eigenvalue weighted by atomic mass is 16.4. The predicted octanol–water partition coefficient (Wildman–Crippen LogP) is 7.32. The largest absolute Gasteiger partial charge is 0.481 e. The van der Waals surface area contributed by atoms with Crippen LogP contribution in [0.5, 0.6) is 0 Å². The van der Waals surface area contributed by atoms with Crippen LogP contribution in [0, 0.1) is 39.9 Å². The second kappa shape index (κ2) is 10.8. The standard InChI is InChI=1S/C32H52O4/c1-9-10-11-27(33)30(5,6)23-13-15-25-22(18-23)16-17-31(7)26(19-28(34)32(25,31)8)24(29(35)36)14-12-21(4)20(2)3/h15-16,20,23-24,26-28,33-34H,4,9-14,17-19H2,1-3,5-8H3,(H,35,36)/t23-,24-,26-,27+,28+,31-,32-/m1/s1. The number of aliphatic hydroxyl groups excluding tert-OH is 2. The van der Waals surface area contributed by atoms with Crippen LogP contribution in [0.1, 0.15) is 106 Å². The Hall–Kier alpha value is -1.39. The van der Waals surface area contributed by atoms with Crippen LogP contribution in [0.3, 0.4) is 0 Å². The van der Waals surface area contributed by atoms with Crippen molar-refractivity contribution in [2.24, 2.45) is 39.9 Å². The van der Waals surface area contributed by atoms with E-state index >= 15 is 0 Å². The van der Waals surface area contributed by atoms with Crippen LogP contribution < -0.4 is 0 Å². The third-order valence-electron chi connectivity index (χ3n) is 11.0. The monoisotopic (exact) mass is 500 g/mol. The third kappa shape index (κ3) is 4.89. The number of carboxylic acids is 1. The molecule has 1 saturated carbocycles. The van der Waals surface area contributed by atoms with Crippen molar-refractivity contribution < 1.29 is 20.1 Å². The van der Waals surface area contributed by atoms with E-state index in [9.17, 15) is 20.1 Å². The summed E-state index contributed by atoms with van der Waals surface area (Å²) in [4.78, 5) is 12.5. The Balaban J connectivity index is 1.88. The quantitative estimate of drug-likeness (QED) is 0.260. The van der Waals surface area contributed by atoms with Gasteiger partial charge in [0.1, 0.15) is 0 Å². The lowest BCUT2D eigenvalue weighted by molar-refractivity contribution is -0.146. The number of fused-ring (bicyclic) bond motifs is 3. The minimum atomic E-state index is -0.746. The van der Waals surface area contributed by atoms with Gasteiger partial charge in [0.15, 0.2) is 0 Å². The molecular weight excluding hydrogens is 448 g/mol. The van der Waals surface area contributed by atoms with Crippen LogP contribution >= 0.6 is 0 Å².